The van der Waals surface area contributed by atoms with Crippen molar-refractivity contribution in [3.05, 3.63) is 35.0 Å². The zero-order valence-electron chi connectivity index (χ0n) is 13.6. The van der Waals surface area contributed by atoms with E-state index in [1.807, 2.05) is 0 Å². The maximum Gasteiger partial charge on any atom is 0.249 e. The fourth-order valence-corrected chi connectivity index (χ4v) is 3.11. The molecule has 0 saturated carbocycles. The standard InChI is InChI=1S/C17H23N5/c1-12-9-13(2)16(14(3)10-12)20-17-19-15(11-18-21-17)22-7-5-4-6-8-22/h9-11H,4-8H2,1-3H3,(H,19,20,21). The first-order valence-corrected chi connectivity index (χ1v) is 7.93. The Morgan fingerprint density at radius 2 is 1.68 bits per heavy atom. The summed E-state index contributed by atoms with van der Waals surface area (Å²) in [7, 11) is 0. The SMILES string of the molecule is Cc1cc(C)c(Nc2nncc(N3CCCCC3)n2)c(C)c1. The van der Waals surface area contributed by atoms with Crippen molar-refractivity contribution in [2.24, 2.45) is 0 Å². The van der Waals surface area contributed by atoms with Crippen LogP contribution in [0.2, 0.25) is 0 Å². The smallest absolute Gasteiger partial charge is 0.249 e. The van der Waals surface area contributed by atoms with Gasteiger partial charge in [0.2, 0.25) is 5.95 Å². The summed E-state index contributed by atoms with van der Waals surface area (Å²) < 4.78 is 0. The van der Waals surface area contributed by atoms with Crippen molar-refractivity contribution in [2.75, 3.05) is 23.3 Å². The molecule has 116 valence electrons. The topological polar surface area (TPSA) is 53.9 Å². The highest BCUT2D eigenvalue weighted by Crippen LogP contribution is 2.25. The second-order valence-corrected chi connectivity index (χ2v) is 6.08. The van der Waals surface area contributed by atoms with Gasteiger partial charge in [0.1, 0.15) is 0 Å². The van der Waals surface area contributed by atoms with E-state index < -0.39 is 0 Å². The molecule has 5 nitrogen and oxygen atoms in total. The van der Waals surface area contributed by atoms with Crippen LogP contribution in [0.25, 0.3) is 0 Å². The molecule has 5 heteroatoms. The molecule has 0 unspecified atom stereocenters. The second-order valence-electron chi connectivity index (χ2n) is 6.08. The average Bonchev–Trinajstić information content (AvgIpc) is 2.52. The molecule has 0 bridgehead atoms. The van der Waals surface area contributed by atoms with Crippen LogP contribution in [0.4, 0.5) is 17.5 Å². The Morgan fingerprint density at radius 1 is 1.00 bits per heavy atom. The van der Waals surface area contributed by atoms with Gasteiger partial charge in [0.05, 0.1) is 6.20 Å². The van der Waals surface area contributed by atoms with Crippen LogP contribution < -0.4 is 10.2 Å². The number of hydrogen-bond donors (Lipinski definition) is 1. The number of rotatable bonds is 3. The number of nitrogens with one attached hydrogen (secondary N) is 1. The van der Waals surface area contributed by atoms with Gasteiger partial charge in [-0.1, -0.05) is 17.7 Å². The van der Waals surface area contributed by atoms with Crippen molar-refractivity contribution in [3.63, 3.8) is 0 Å². The predicted molar refractivity (Wildman–Crippen MR) is 89.8 cm³/mol. The highest BCUT2D eigenvalue weighted by molar-refractivity contribution is 5.64. The fraction of sp³-hybridized carbons (Fsp3) is 0.471. The van der Waals surface area contributed by atoms with Crippen LogP contribution in [0.1, 0.15) is 36.0 Å². The Morgan fingerprint density at radius 3 is 2.36 bits per heavy atom. The molecule has 0 amide bonds. The number of benzene rings is 1. The summed E-state index contributed by atoms with van der Waals surface area (Å²) >= 11 is 0. The molecule has 0 atom stereocenters. The molecule has 3 rings (SSSR count). The first-order chi connectivity index (χ1) is 10.6. The molecule has 22 heavy (non-hydrogen) atoms. The zero-order chi connectivity index (χ0) is 15.5. The van der Waals surface area contributed by atoms with E-state index in [0.717, 1.165) is 24.6 Å². The Hall–Kier alpha value is -2.17. The summed E-state index contributed by atoms with van der Waals surface area (Å²) in [5.74, 6) is 1.48. The van der Waals surface area contributed by atoms with Crippen LogP contribution in [0.5, 0.6) is 0 Å². The lowest BCUT2D eigenvalue weighted by atomic mass is 10.1. The van der Waals surface area contributed by atoms with Crippen molar-refractivity contribution in [1.82, 2.24) is 15.2 Å². The highest BCUT2D eigenvalue weighted by atomic mass is 15.3. The average molecular weight is 297 g/mol. The largest absolute Gasteiger partial charge is 0.355 e. The zero-order valence-corrected chi connectivity index (χ0v) is 13.6. The lowest BCUT2D eigenvalue weighted by Gasteiger charge is -2.27. The molecule has 2 aromatic rings. The highest BCUT2D eigenvalue weighted by Gasteiger charge is 2.14. The minimum absolute atomic E-state index is 0.568. The van der Waals surface area contributed by atoms with Gasteiger partial charge in [0.15, 0.2) is 5.82 Å². The summed E-state index contributed by atoms with van der Waals surface area (Å²) in [6.45, 7) is 8.43. The molecule has 2 heterocycles. The van der Waals surface area contributed by atoms with Crippen molar-refractivity contribution < 1.29 is 0 Å². The van der Waals surface area contributed by atoms with Gasteiger partial charge in [-0.15, -0.1) is 5.10 Å². The van der Waals surface area contributed by atoms with Gasteiger partial charge in [-0.25, -0.2) is 0 Å². The lowest BCUT2D eigenvalue weighted by Crippen LogP contribution is -2.30. The normalized spacial score (nSPS) is 15.0. The molecule has 1 aliphatic heterocycles. The number of hydrogen-bond acceptors (Lipinski definition) is 5. The quantitative estimate of drug-likeness (QED) is 0.939. The summed E-state index contributed by atoms with van der Waals surface area (Å²) in [6, 6.07) is 4.33. The maximum atomic E-state index is 4.64. The molecule has 1 saturated heterocycles. The third-order valence-electron chi connectivity index (χ3n) is 4.14. The molecule has 0 aliphatic carbocycles. The third-order valence-corrected chi connectivity index (χ3v) is 4.14. The van der Waals surface area contributed by atoms with Gasteiger partial charge in [0.25, 0.3) is 0 Å². The van der Waals surface area contributed by atoms with E-state index in [-0.39, 0.29) is 0 Å². The van der Waals surface area contributed by atoms with E-state index >= 15 is 0 Å². The van der Waals surface area contributed by atoms with Crippen molar-refractivity contribution >= 4 is 17.5 Å². The minimum Gasteiger partial charge on any atom is -0.355 e. The number of aryl methyl sites for hydroxylation is 3. The van der Waals surface area contributed by atoms with Crippen molar-refractivity contribution in [2.45, 2.75) is 40.0 Å². The van der Waals surface area contributed by atoms with Crippen LogP contribution in [0.15, 0.2) is 18.3 Å². The van der Waals surface area contributed by atoms with E-state index in [9.17, 15) is 0 Å². The minimum atomic E-state index is 0.568. The molecule has 1 aromatic carbocycles. The number of piperidine rings is 1. The van der Waals surface area contributed by atoms with Gasteiger partial charge < -0.3 is 10.2 Å². The first kappa shape index (κ1) is 14.8. The lowest BCUT2D eigenvalue weighted by molar-refractivity contribution is 0.572. The van der Waals surface area contributed by atoms with E-state index in [2.05, 4.69) is 58.3 Å². The van der Waals surface area contributed by atoms with E-state index in [1.54, 1.807) is 6.20 Å². The van der Waals surface area contributed by atoms with Crippen LogP contribution in [0, 0.1) is 20.8 Å². The Labute approximate surface area is 131 Å². The molecule has 1 fully saturated rings. The van der Waals surface area contributed by atoms with Crippen molar-refractivity contribution in [3.8, 4) is 0 Å². The number of nitrogens with zero attached hydrogens (tertiary/aromatic N) is 4. The fourth-order valence-electron chi connectivity index (χ4n) is 3.11. The number of aromatic nitrogens is 3. The van der Waals surface area contributed by atoms with Crippen molar-refractivity contribution in [1.29, 1.82) is 0 Å². The van der Waals surface area contributed by atoms with Gasteiger partial charge in [-0.3, -0.25) is 0 Å². The summed E-state index contributed by atoms with van der Waals surface area (Å²) in [5, 5.41) is 11.6. The van der Waals surface area contributed by atoms with Crippen LogP contribution in [0.3, 0.4) is 0 Å². The predicted octanol–water partition coefficient (Wildman–Crippen LogP) is 3.53. The first-order valence-electron chi connectivity index (χ1n) is 7.93. The second kappa shape index (κ2) is 6.30. The molecule has 1 aliphatic rings. The summed E-state index contributed by atoms with van der Waals surface area (Å²) in [6.07, 6.45) is 5.51. The van der Waals surface area contributed by atoms with Crippen LogP contribution in [-0.2, 0) is 0 Å². The van der Waals surface area contributed by atoms with Gasteiger partial charge in [0, 0.05) is 18.8 Å². The molecule has 0 spiro atoms. The van der Waals surface area contributed by atoms with E-state index in [4.69, 9.17) is 0 Å². The summed E-state index contributed by atoms with van der Waals surface area (Å²) in [5.41, 5.74) is 4.74. The van der Waals surface area contributed by atoms with Crippen LogP contribution in [-0.4, -0.2) is 28.3 Å². The monoisotopic (exact) mass is 297 g/mol. The molecular formula is C17H23N5. The molecule has 0 radical (unpaired) electrons. The van der Waals surface area contributed by atoms with Crippen LogP contribution >= 0.6 is 0 Å². The van der Waals surface area contributed by atoms with Gasteiger partial charge >= 0.3 is 0 Å². The Kier molecular flexibility index (Phi) is 4.22. The van der Waals surface area contributed by atoms with E-state index in [1.165, 1.54) is 36.0 Å². The van der Waals surface area contributed by atoms with Gasteiger partial charge in [-0.2, -0.15) is 10.1 Å². The third kappa shape index (κ3) is 3.18. The van der Waals surface area contributed by atoms with Gasteiger partial charge in [-0.05, 0) is 51.2 Å². The Balaban J connectivity index is 1.84. The summed E-state index contributed by atoms with van der Waals surface area (Å²) in [4.78, 5) is 6.93. The molecule has 1 N–H and O–H groups in total. The maximum absolute atomic E-state index is 4.64. The van der Waals surface area contributed by atoms with E-state index in [0.29, 0.717) is 5.95 Å². The molecular weight excluding hydrogens is 274 g/mol. The Bertz CT molecular complexity index is 639. The number of anilines is 3. The molecule has 1 aromatic heterocycles.